The summed E-state index contributed by atoms with van der Waals surface area (Å²) in [4.78, 5) is 39.8. The lowest BCUT2D eigenvalue weighted by atomic mass is 9.85. The first-order valence-corrected chi connectivity index (χ1v) is 11.5. The highest BCUT2D eigenvalue weighted by Crippen LogP contribution is 2.42. The van der Waals surface area contributed by atoms with E-state index in [9.17, 15) is 14.4 Å². The number of carbonyl (C=O) groups excluding carboxylic acids is 3. The van der Waals surface area contributed by atoms with Crippen molar-refractivity contribution in [1.29, 1.82) is 0 Å². The largest absolute Gasteiger partial charge is 0.465 e. The molecule has 0 bridgehead atoms. The van der Waals surface area contributed by atoms with Crippen molar-refractivity contribution in [3.63, 3.8) is 0 Å². The van der Waals surface area contributed by atoms with Gasteiger partial charge in [0.15, 0.2) is 12.0 Å². The van der Waals surface area contributed by atoms with Gasteiger partial charge in [-0.25, -0.2) is 9.59 Å². The zero-order chi connectivity index (χ0) is 25.0. The molecule has 0 amide bonds. The Balaban J connectivity index is 1.99. The monoisotopic (exact) mass is 535 g/mol. The Labute approximate surface area is 211 Å². The number of benzene rings is 2. The number of rotatable bonds is 5. The van der Waals surface area contributed by atoms with Crippen LogP contribution in [0.5, 0.6) is 0 Å². The van der Waals surface area contributed by atoms with E-state index in [0.717, 1.165) is 10.0 Å². The van der Waals surface area contributed by atoms with Crippen LogP contribution in [0.3, 0.4) is 0 Å². The topological polar surface area (TPSA) is 82.1 Å². The van der Waals surface area contributed by atoms with Crippen molar-refractivity contribution in [1.82, 2.24) is 0 Å². The molecule has 7 nitrogen and oxygen atoms in total. The van der Waals surface area contributed by atoms with E-state index in [2.05, 4.69) is 15.9 Å². The minimum atomic E-state index is -1.53. The molecule has 1 heterocycles. The van der Waals surface area contributed by atoms with Crippen molar-refractivity contribution >= 4 is 45.4 Å². The van der Waals surface area contributed by atoms with Crippen molar-refractivity contribution in [3.05, 3.63) is 106 Å². The Hall–Kier alpha value is -3.75. The van der Waals surface area contributed by atoms with Crippen LogP contribution in [-0.4, -0.2) is 43.8 Å². The summed E-state index contributed by atoms with van der Waals surface area (Å²) in [6.07, 6.45) is 8.26. The lowest BCUT2D eigenvalue weighted by Gasteiger charge is -2.45. The van der Waals surface area contributed by atoms with Gasteiger partial charge in [0.25, 0.3) is 0 Å². The van der Waals surface area contributed by atoms with Crippen LogP contribution in [0.4, 0.5) is 5.69 Å². The number of esters is 2. The summed E-state index contributed by atoms with van der Waals surface area (Å²) in [5, 5.41) is 0. The summed E-state index contributed by atoms with van der Waals surface area (Å²) < 4.78 is 17.5. The SMILES string of the molecule is COC(=O)C1=C(C(=O)OC)C2(C=CC(=O)C=C2)OC(/C=C/c2ccccc2)N1c1ccc(Br)cc1. The number of ketones is 1. The van der Waals surface area contributed by atoms with E-state index < -0.39 is 23.8 Å². The van der Waals surface area contributed by atoms with Gasteiger partial charge in [0.1, 0.15) is 16.9 Å². The van der Waals surface area contributed by atoms with E-state index in [1.54, 1.807) is 23.1 Å². The molecule has 2 aromatic carbocycles. The molecule has 0 radical (unpaired) electrons. The number of hydrogen-bond acceptors (Lipinski definition) is 7. The van der Waals surface area contributed by atoms with Crippen LogP contribution >= 0.6 is 15.9 Å². The van der Waals surface area contributed by atoms with E-state index in [1.165, 1.54) is 38.5 Å². The van der Waals surface area contributed by atoms with Crippen LogP contribution in [0.25, 0.3) is 6.08 Å². The molecule has 35 heavy (non-hydrogen) atoms. The van der Waals surface area contributed by atoms with Crippen LogP contribution in [0.2, 0.25) is 0 Å². The Morgan fingerprint density at radius 3 is 2.20 bits per heavy atom. The van der Waals surface area contributed by atoms with Crippen molar-refractivity contribution in [2.24, 2.45) is 0 Å². The highest BCUT2D eigenvalue weighted by molar-refractivity contribution is 9.10. The van der Waals surface area contributed by atoms with E-state index in [1.807, 2.05) is 48.5 Å². The second-order valence-electron chi connectivity index (χ2n) is 7.69. The van der Waals surface area contributed by atoms with Crippen LogP contribution < -0.4 is 4.90 Å². The molecule has 0 N–H and O–H groups in total. The molecule has 8 heteroatoms. The third-order valence-corrected chi connectivity index (χ3v) is 6.08. The number of halogens is 1. The molecule has 1 atom stereocenters. The molecule has 1 unspecified atom stereocenters. The van der Waals surface area contributed by atoms with E-state index in [0.29, 0.717) is 5.69 Å². The van der Waals surface area contributed by atoms with Crippen molar-refractivity contribution in [2.75, 3.05) is 19.1 Å². The smallest absolute Gasteiger partial charge is 0.355 e. The molecule has 2 aromatic rings. The van der Waals surface area contributed by atoms with Crippen molar-refractivity contribution < 1.29 is 28.6 Å². The first-order valence-electron chi connectivity index (χ1n) is 10.7. The number of ether oxygens (including phenoxy) is 3. The Morgan fingerprint density at radius 1 is 0.971 bits per heavy atom. The molecule has 0 fully saturated rings. The Bertz CT molecular complexity index is 1240. The van der Waals surface area contributed by atoms with Gasteiger partial charge in [0, 0.05) is 10.2 Å². The Kier molecular flexibility index (Phi) is 7.14. The van der Waals surface area contributed by atoms with Crippen LogP contribution in [-0.2, 0) is 28.6 Å². The standard InChI is InChI=1S/C27H22BrNO6/c1-33-25(31)23-24(26(32)34-2)29(20-11-9-19(28)10-12-20)22(13-8-18-6-4-3-5-7-18)35-27(23)16-14-21(30)15-17-27/h3-17,22H,1-2H3/b13-8+. The maximum absolute atomic E-state index is 13.2. The molecule has 1 aliphatic carbocycles. The average molecular weight is 536 g/mol. The summed E-state index contributed by atoms with van der Waals surface area (Å²) in [5.41, 5.74) is -0.193. The first-order chi connectivity index (χ1) is 16.9. The van der Waals surface area contributed by atoms with Crippen molar-refractivity contribution in [3.8, 4) is 0 Å². The molecular weight excluding hydrogens is 514 g/mol. The van der Waals surface area contributed by atoms with Crippen LogP contribution in [0.1, 0.15) is 5.56 Å². The van der Waals surface area contributed by atoms with Gasteiger partial charge in [-0.3, -0.25) is 4.79 Å². The summed E-state index contributed by atoms with van der Waals surface area (Å²) >= 11 is 3.42. The quantitative estimate of drug-likeness (QED) is 0.526. The highest BCUT2D eigenvalue weighted by atomic mass is 79.9. The molecule has 1 aliphatic heterocycles. The van der Waals surface area contributed by atoms with Crippen LogP contribution in [0.15, 0.2) is 101 Å². The third kappa shape index (κ3) is 4.89. The second kappa shape index (κ2) is 10.2. The lowest BCUT2D eigenvalue weighted by Crippen LogP contribution is -2.54. The molecule has 2 aliphatic rings. The Morgan fingerprint density at radius 2 is 1.60 bits per heavy atom. The summed E-state index contributed by atoms with van der Waals surface area (Å²) in [7, 11) is 2.45. The lowest BCUT2D eigenvalue weighted by molar-refractivity contribution is -0.143. The number of allylic oxidation sites excluding steroid dienone is 2. The maximum atomic E-state index is 13.2. The van der Waals surface area contributed by atoms with Gasteiger partial charge < -0.3 is 19.1 Å². The van der Waals surface area contributed by atoms with E-state index in [-0.39, 0.29) is 17.1 Å². The van der Waals surface area contributed by atoms with Crippen molar-refractivity contribution in [2.45, 2.75) is 11.8 Å². The van der Waals surface area contributed by atoms with Crippen LogP contribution in [0, 0.1) is 0 Å². The number of anilines is 1. The number of nitrogens with zero attached hydrogens (tertiary/aromatic N) is 1. The van der Waals surface area contributed by atoms with Gasteiger partial charge in [-0.1, -0.05) is 52.3 Å². The summed E-state index contributed by atoms with van der Waals surface area (Å²) in [5.74, 6) is -1.82. The van der Waals surface area contributed by atoms with Gasteiger partial charge in [0.2, 0.25) is 0 Å². The third-order valence-electron chi connectivity index (χ3n) is 5.56. The van der Waals surface area contributed by atoms with Gasteiger partial charge in [-0.15, -0.1) is 0 Å². The molecule has 0 saturated carbocycles. The van der Waals surface area contributed by atoms with E-state index >= 15 is 0 Å². The normalized spacial score (nSPS) is 18.9. The fourth-order valence-electron chi connectivity index (χ4n) is 3.93. The minimum Gasteiger partial charge on any atom is -0.465 e. The number of hydrogen-bond donors (Lipinski definition) is 0. The fraction of sp³-hybridized carbons (Fsp3) is 0.148. The second-order valence-corrected chi connectivity index (χ2v) is 8.61. The fourth-order valence-corrected chi connectivity index (χ4v) is 4.19. The molecule has 178 valence electrons. The van der Waals surface area contributed by atoms with Gasteiger partial charge in [-0.05, 0) is 60.2 Å². The predicted octanol–water partition coefficient (Wildman–Crippen LogP) is 4.36. The predicted molar refractivity (Wildman–Crippen MR) is 134 cm³/mol. The molecule has 4 rings (SSSR count). The zero-order valence-corrected chi connectivity index (χ0v) is 20.6. The molecule has 0 aromatic heterocycles. The average Bonchev–Trinajstić information content (AvgIpc) is 2.89. The maximum Gasteiger partial charge on any atom is 0.355 e. The number of methoxy groups -OCH3 is 2. The molecular formula is C27H22BrNO6. The summed E-state index contributed by atoms with van der Waals surface area (Å²) in [6.45, 7) is 0. The summed E-state index contributed by atoms with van der Waals surface area (Å²) in [6, 6.07) is 16.8. The van der Waals surface area contributed by atoms with Gasteiger partial charge in [0.05, 0.1) is 14.2 Å². The molecule has 1 spiro atoms. The van der Waals surface area contributed by atoms with Gasteiger partial charge >= 0.3 is 11.9 Å². The van der Waals surface area contributed by atoms with Gasteiger partial charge in [-0.2, -0.15) is 0 Å². The minimum absolute atomic E-state index is 0.0562. The highest BCUT2D eigenvalue weighted by Gasteiger charge is 2.50. The van der Waals surface area contributed by atoms with E-state index in [4.69, 9.17) is 14.2 Å². The zero-order valence-electron chi connectivity index (χ0n) is 19.0. The number of carbonyl (C=O) groups is 3. The first kappa shape index (κ1) is 24.4. The molecule has 0 saturated heterocycles.